The Morgan fingerprint density at radius 3 is 3.10 bits per heavy atom. The number of hydrogen-bond acceptors (Lipinski definition) is 5. The third kappa shape index (κ3) is 2.59. The van der Waals surface area contributed by atoms with Crippen molar-refractivity contribution in [2.75, 3.05) is 13.1 Å². The number of piperidine rings is 1. The van der Waals surface area contributed by atoms with Gasteiger partial charge < -0.3 is 5.11 Å². The van der Waals surface area contributed by atoms with Gasteiger partial charge >= 0.3 is 5.97 Å². The molecule has 3 heterocycles. The van der Waals surface area contributed by atoms with Crippen LogP contribution in [0.4, 0.5) is 0 Å². The zero-order chi connectivity index (χ0) is 13.9. The molecular formula is C13H16N4O2S. The van der Waals surface area contributed by atoms with E-state index in [1.807, 2.05) is 26.4 Å². The zero-order valence-corrected chi connectivity index (χ0v) is 11.7. The summed E-state index contributed by atoms with van der Waals surface area (Å²) in [7, 11) is 0. The fourth-order valence-electron chi connectivity index (χ4n) is 2.78. The Hall–Kier alpha value is -1.73. The zero-order valence-electron chi connectivity index (χ0n) is 10.9. The standard InChI is InChI=1S/C13H16N4O2S/c18-13(19)12(10-3-5-20-7-10)16-4-1-2-11(6-16)17-9-14-8-15-17/h3,5,7-9,11-12H,1-2,4,6H2,(H,18,19). The Bertz CT molecular complexity index is 555. The van der Waals surface area contributed by atoms with Crippen LogP contribution in [-0.2, 0) is 4.79 Å². The van der Waals surface area contributed by atoms with E-state index >= 15 is 0 Å². The van der Waals surface area contributed by atoms with Crippen LogP contribution in [0.5, 0.6) is 0 Å². The van der Waals surface area contributed by atoms with E-state index in [0.29, 0.717) is 6.54 Å². The van der Waals surface area contributed by atoms with Crippen molar-refractivity contribution in [2.45, 2.75) is 24.9 Å². The molecule has 2 aromatic rings. The van der Waals surface area contributed by atoms with E-state index in [9.17, 15) is 9.90 Å². The second-order valence-corrected chi connectivity index (χ2v) is 5.74. The van der Waals surface area contributed by atoms with Gasteiger partial charge in [-0.25, -0.2) is 9.67 Å². The smallest absolute Gasteiger partial charge is 0.325 e. The van der Waals surface area contributed by atoms with Crippen molar-refractivity contribution in [3.63, 3.8) is 0 Å². The van der Waals surface area contributed by atoms with E-state index in [0.717, 1.165) is 24.9 Å². The molecule has 1 fully saturated rings. The Labute approximate surface area is 120 Å². The summed E-state index contributed by atoms with van der Waals surface area (Å²) in [6.07, 6.45) is 5.20. The maximum atomic E-state index is 11.6. The van der Waals surface area contributed by atoms with Crippen molar-refractivity contribution in [1.29, 1.82) is 0 Å². The van der Waals surface area contributed by atoms with Crippen LogP contribution < -0.4 is 0 Å². The van der Waals surface area contributed by atoms with Crippen molar-refractivity contribution in [1.82, 2.24) is 19.7 Å². The molecule has 0 aliphatic carbocycles. The second kappa shape index (κ2) is 5.72. The van der Waals surface area contributed by atoms with Gasteiger partial charge in [-0.05, 0) is 41.8 Å². The predicted octanol–water partition coefficient (Wildman–Crippen LogP) is 1.80. The van der Waals surface area contributed by atoms with Crippen LogP contribution in [0.1, 0.15) is 30.5 Å². The molecule has 2 aromatic heterocycles. The van der Waals surface area contributed by atoms with E-state index in [2.05, 4.69) is 10.1 Å². The van der Waals surface area contributed by atoms with Gasteiger partial charge in [-0.15, -0.1) is 0 Å². The Kier molecular flexibility index (Phi) is 3.79. The molecule has 0 amide bonds. The number of aliphatic carboxylic acids is 1. The number of aromatic nitrogens is 3. The predicted molar refractivity (Wildman–Crippen MR) is 74.6 cm³/mol. The molecule has 0 saturated carbocycles. The maximum Gasteiger partial charge on any atom is 0.325 e. The van der Waals surface area contributed by atoms with Crippen molar-refractivity contribution in [2.24, 2.45) is 0 Å². The lowest BCUT2D eigenvalue weighted by Crippen LogP contribution is -2.42. The Balaban J connectivity index is 1.79. The molecule has 1 aliphatic heterocycles. The highest BCUT2D eigenvalue weighted by Gasteiger charge is 2.32. The van der Waals surface area contributed by atoms with Gasteiger partial charge in [-0.2, -0.15) is 16.4 Å². The van der Waals surface area contributed by atoms with Crippen molar-refractivity contribution in [3.8, 4) is 0 Å². The molecule has 2 unspecified atom stereocenters. The van der Waals surface area contributed by atoms with Crippen LogP contribution in [0, 0.1) is 0 Å². The van der Waals surface area contributed by atoms with Gasteiger partial charge in [0, 0.05) is 6.54 Å². The SMILES string of the molecule is O=C(O)C(c1ccsc1)N1CCCC(n2cncn2)C1. The number of hydrogen-bond donors (Lipinski definition) is 1. The molecule has 0 bridgehead atoms. The lowest BCUT2D eigenvalue weighted by Gasteiger charge is -2.36. The molecule has 20 heavy (non-hydrogen) atoms. The van der Waals surface area contributed by atoms with Crippen molar-refractivity contribution in [3.05, 3.63) is 35.0 Å². The first-order valence-electron chi connectivity index (χ1n) is 6.59. The molecule has 0 spiro atoms. The third-order valence-electron chi connectivity index (χ3n) is 3.70. The number of nitrogens with zero attached hydrogens (tertiary/aromatic N) is 4. The van der Waals surface area contributed by atoms with Crippen LogP contribution in [0.25, 0.3) is 0 Å². The average Bonchev–Trinajstić information content (AvgIpc) is 3.12. The van der Waals surface area contributed by atoms with Crippen molar-refractivity contribution >= 4 is 17.3 Å². The van der Waals surface area contributed by atoms with E-state index in [1.165, 1.54) is 17.7 Å². The lowest BCUT2D eigenvalue weighted by molar-refractivity contribution is -0.144. The number of carboxylic acids is 1. The molecule has 0 aromatic carbocycles. The summed E-state index contributed by atoms with van der Waals surface area (Å²) in [6.45, 7) is 1.49. The summed E-state index contributed by atoms with van der Waals surface area (Å²) in [5, 5.41) is 17.6. The van der Waals surface area contributed by atoms with Gasteiger partial charge in [-0.3, -0.25) is 9.69 Å². The van der Waals surface area contributed by atoms with Crippen LogP contribution >= 0.6 is 11.3 Å². The van der Waals surface area contributed by atoms with Gasteiger partial charge in [0.15, 0.2) is 0 Å². The molecule has 1 aliphatic rings. The summed E-state index contributed by atoms with van der Waals surface area (Å²) in [4.78, 5) is 17.6. The van der Waals surface area contributed by atoms with Crippen LogP contribution in [0.15, 0.2) is 29.5 Å². The quantitative estimate of drug-likeness (QED) is 0.930. The summed E-state index contributed by atoms with van der Waals surface area (Å²) < 4.78 is 1.83. The molecular weight excluding hydrogens is 276 g/mol. The molecule has 0 radical (unpaired) electrons. The highest BCUT2D eigenvalue weighted by molar-refractivity contribution is 7.08. The van der Waals surface area contributed by atoms with E-state index in [1.54, 1.807) is 6.33 Å². The average molecular weight is 292 g/mol. The molecule has 2 atom stereocenters. The van der Waals surface area contributed by atoms with Gasteiger partial charge in [0.05, 0.1) is 6.04 Å². The van der Waals surface area contributed by atoms with Gasteiger partial charge in [-0.1, -0.05) is 0 Å². The summed E-state index contributed by atoms with van der Waals surface area (Å²) in [6, 6.07) is 1.53. The highest BCUT2D eigenvalue weighted by atomic mass is 32.1. The Morgan fingerprint density at radius 2 is 2.45 bits per heavy atom. The minimum absolute atomic E-state index is 0.201. The fraction of sp³-hybridized carbons (Fsp3) is 0.462. The molecule has 3 rings (SSSR count). The minimum Gasteiger partial charge on any atom is -0.480 e. The first-order chi connectivity index (χ1) is 9.75. The number of thiophene rings is 1. The fourth-order valence-corrected chi connectivity index (χ4v) is 3.46. The Morgan fingerprint density at radius 1 is 1.55 bits per heavy atom. The minimum atomic E-state index is -0.789. The largest absolute Gasteiger partial charge is 0.480 e. The first-order valence-corrected chi connectivity index (χ1v) is 7.53. The van der Waals surface area contributed by atoms with Gasteiger partial charge in [0.25, 0.3) is 0 Å². The topological polar surface area (TPSA) is 71.2 Å². The van der Waals surface area contributed by atoms with E-state index in [-0.39, 0.29) is 6.04 Å². The summed E-state index contributed by atoms with van der Waals surface area (Å²) in [5.41, 5.74) is 0.863. The molecule has 7 heteroatoms. The third-order valence-corrected chi connectivity index (χ3v) is 4.40. The van der Waals surface area contributed by atoms with Crippen LogP contribution in [0.3, 0.4) is 0 Å². The number of carboxylic acid groups (broad SMARTS) is 1. The lowest BCUT2D eigenvalue weighted by atomic mass is 10.0. The molecule has 1 N–H and O–H groups in total. The summed E-state index contributed by atoms with van der Waals surface area (Å²) in [5.74, 6) is -0.789. The van der Waals surface area contributed by atoms with Gasteiger partial charge in [0.2, 0.25) is 0 Å². The normalized spacial score (nSPS) is 21.7. The van der Waals surface area contributed by atoms with Crippen molar-refractivity contribution < 1.29 is 9.90 Å². The van der Waals surface area contributed by atoms with Crippen LogP contribution in [-0.4, -0.2) is 43.8 Å². The van der Waals surface area contributed by atoms with Gasteiger partial charge in [0.1, 0.15) is 18.7 Å². The first kappa shape index (κ1) is 13.3. The van der Waals surface area contributed by atoms with E-state index < -0.39 is 12.0 Å². The van der Waals surface area contributed by atoms with E-state index in [4.69, 9.17) is 0 Å². The number of rotatable bonds is 4. The molecule has 106 valence electrons. The highest BCUT2D eigenvalue weighted by Crippen LogP contribution is 2.30. The second-order valence-electron chi connectivity index (χ2n) is 4.96. The number of likely N-dealkylation sites (tertiary alicyclic amines) is 1. The van der Waals surface area contributed by atoms with Crippen LogP contribution in [0.2, 0.25) is 0 Å². The molecule has 6 nitrogen and oxygen atoms in total. The maximum absolute atomic E-state index is 11.6. The monoisotopic (exact) mass is 292 g/mol. The summed E-state index contributed by atoms with van der Waals surface area (Å²) >= 11 is 1.53. The number of carbonyl (C=O) groups is 1. The molecule has 1 saturated heterocycles.